The minimum Gasteiger partial charge on any atom is -0.349 e. The summed E-state index contributed by atoms with van der Waals surface area (Å²) in [5.41, 5.74) is 0.750. The smallest absolute Gasteiger partial charge is 0.289 e. The number of halogens is 1. The normalized spacial score (nSPS) is 22.9. The van der Waals surface area contributed by atoms with Gasteiger partial charge in [0.15, 0.2) is 0 Å². The summed E-state index contributed by atoms with van der Waals surface area (Å²) >= 11 is 0. The van der Waals surface area contributed by atoms with Gasteiger partial charge in [0.1, 0.15) is 11.6 Å². The van der Waals surface area contributed by atoms with Gasteiger partial charge in [-0.2, -0.15) is 0 Å². The van der Waals surface area contributed by atoms with Gasteiger partial charge in [0, 0.05) is 32.6 Å². The second-order valence-electron chi connectivity index (χ2n) is 9.37. The molecule has 164 valence electrons. The van der Waals surface area contributed by atoms with Gasteiger partial charge in [0.2, 0.25) is 11.7 Å². The topological polar surface area (TPSA) is 80.1 Å². The van der Waals surface area contributed by atoms with Gasteiger partial charge in [0.05, 0.1) is 6.42 Å². The Morgan fingerprint density at radius 3 is 2.81 bits per heavy atom. The predicted molar refractivity (Wildman–Crippen MR) is 112 cm³/mol. The SMILES string of the molecule is O=C(NCC1CC1)c1nnc2n1CC[C@]1(CC2)CCN(C(=O)Cc2cccc(F)c2)C1. The number of hydrogen-bond donors (Lipinski definition) is 1. The molecule has 1 N–H and O–H groups in total. The molecule has 7 nitrogen and oxygen atoms in total. The summed E-state index contributed by atoms with van der Waals surface area (Å²) in [4.78, 5) is 27.3. The Bertz CT molecular complexity index is 1000. The summed E-state index contributed by atoms with van der Waals surface area (Å²) in [6.45, 7) is 2.85. The molecule has 1 aliphatic carbocycles. The maximum Gasteiger partial charge on any atom is 0.289 e. The van der Waals surface area contributed by atoms with Crippen molar-refractivity contribution in [2.75, 3.05) is 19.6 Å². The van der Waals surface area contributed by atoms with Gasteiger partial charge < -0.3 is 14.8 Å². The molecule has 1 spiro atoms. The van der Waals surface area contributed by atoms with E-state index in [-0.39, 0.29) is 29.5 Å². The Labute approximate surface area is 181 Å². The lowest BCUT2D eigenvalue weighted by molar-refractivity contribution is -0.129. The standard InChI is InChI=1S/C23H28FN5O2/c24-18-3-1-2-17(12-18)13-20(30)28-10-8-23(15-28)7-6-19-26-27-21(29(19)11-9-23)22(31)25-14-16-4-5-16/h1-3,12,16H,4-11,13-15H2,(H,25,31)/t23-/m0/s1. The first kappa shape index (κ1) is 20.2. The molecule has 0 radical (unpaired) electrons. The molecule has 1 saturated heterocycles. The largest absolute Gasteiger partial charge is 0.349 e. The molecule has 0 unspecified atom stereocenters. The molecule has 8 heteroatoms. The van der Waals surface area contributed by atoms with Crippen molar-refractivity contribution in [2.24, 2.45) is 11.3 Å². The zero-order valence-corrected chi connectivity index (χ0v) is 17.6. The summed E-state index contributed by atoms with van der Waals surface area (Å²) < 4.78 is 15.4. The fraction of sp³-hybridized carbons (Fsp3) is 0.565. The van der Waals surface area contributed by atoms with Crippen molar-refractivity contribution in [3.05, 3.63) is 47.3 Å². The van der Waals surface area contributed by atoms with Gasteiger partial charge in [-0.1, -0.05) is 12.1 Å². The van der Waals surface area contributed by atoms with Crippen LogP contribution in [0.15, 0.2) is 24.3 Å². The van der Waals surface area contributed by atoms with Crippen molar-refractivity contribution in [3.63, 3.8) is 0 Å². The number of likely N-dealkylation sites (tertiary alicyclic amines) is 1. The third-order valence-electron chi connectivity index (χ3n) is 7.06. The number of nitrogens with one attached hydrogen (secondary N) is 1. The summed E-state index contributed by atoms with van der Waals surface area (Å²) in [6, 6.07) is 6.25. The van der Waals surface area contributed by atoms with E-state index >= 15 is 0 Å². The fourth-order valence-corrected chi connectivity index (χ4v) is 4.90. The number of hydrogen-bond acceptors (Lipinski definition) is 4. The maximum atomic E-state index is 13.4. The molecule has 3 heterocycles. The van der Waals surface area contributed by atoms with E-state index in [0.29, 0.717) is 36.9 Å². The molecule has 2 fully saturated rings. The average Bonchev–Trinajstić information content (AvgIpc) is 3.39. The van der Waals surface area contributed by atoms with E-state index in [4.69, 9.17) is 0 Å². The molecule has 1 saturated carbocycles. The van der Waals surface area contributed by atoms with Gasteiger partial charge in [-0.05, 0) is 61.1 Å². The number of fused-ring (bicyclic) bond motifs is 1. The van der Waals surface area contributed by atoms with E-state index < -0.39 is 0 Å². The molecule has 5 rings (SSSR count). The summed E-state index contributed by atoms with van der Waals surface area (Å²) in [5.74, 6) is 1.48. The predicted octanol–water partition coefficient (Wildman–Crippen LogP) is 2.35. The number of aromatic nitrogens is 3. The van der Waals surface area contributed by atoms with Gasteiger partial charge in [-0.3, -0.25) is 9.59 Å². The molecule has 2 aromatic rings. The number of rotatable bonds is 5. The third-order valence-corrected chi connectivity index (χ3v) is 7.06. The second kappa shape index (κ2) is 8.05. The summed E-state index contributed by atoms with van der Waals surface area (Å²) in [6.07, 6.45) is 6.14. The van der Waals surface area contributed by atoms with Crippen LogP contribution >= 0.6 is 0 Å². The van der Waals surface area contributed by atoms with Crippen LogP contribution in [-0.2, 0) is 24.2 Å². The highest BCUT2D eigenvalue weighted by Gasteiger charge is 2.41. The van der Waals surface area contributed by atoms with Crippen molar-refractivity contribution in [1.29, 1.82) is 0 Å². The molecule has 31 heavy (non-hydrogen) atoms. The lowest BCUT2D eigenvalue weighted by Crippen LogP contribution is -2.33. The van der Waals surface area contributed by atoms with E-state index in [0.717, 1.165) is 38.1 Å². The maximum absolute atomic E-state index is 13.4. The van der Waals surface area contributed by atoms with Crippen molar-refractivity contribution < 1.29 is 14.0 Å². The fourth-order valence-electron chi connectivity index (χ4n) is 4.90. The van der Waals surface area contributed by atoms with Gasteiger partial charge in [-0.15, -0.1) is 10.2 Å². The first-order chi connectivity index (χ1) is 15.0. The number of carbonyl (C=O) groups is 2. The first-order valence-corrected chi connectivity index (χ1v) is 11.2. The van der Waals surface area contributed by atoms with E-state index in [1.807, 2.05) is 9.47 Å². The molecule has 3 aliphatic rings. The van der Waals surface area contributed by atoms with Crippen molar-refractivity contribution >= 4 is 11.8 Å². The third kappa shape index (κ3) is 4.34. The Balaban J connectivity index is 1.22. The Morgan fingerprint density at radius 2 is 2.00 bits per heavy atom. The van der Waals surface area contributed by atoms with Gasteiger partial charge in [0.25, 0.3) is 5.91 Å². The Morgan fingerprint density at radius 1 is 1.16 bits per heavy atom. The van der Waals surface area contributed by atoms with E-state index in [9.17, 15) is 14.0 Å². The van der Waals surface area contributed by atoms with Crippen LogP contribution in [0.3, 0.4) is 0 Å². The number of nitrogens with zero attached hydrogens (tertiary/aromatic N) is 4. The first-order valence-electron chi connectivity index (χ1n) is 11.2. The van der Waals surface area contributed by atoms with Gasteiger partial charge >= 0.3 is 0 Å². The molecule has 1 aromatic carbocycles. The molecule has 1 atom stereocenters. The van der Waals surface area contributed by atoms with Crippen LogP contribution in [0.4, 0.5) is 4.39 Å². The highest BCUT2D eigenvalue weighted by atomic mass is 19.1. The molecule has 0 bridgehead atoms. The average molecular weight is 426 g/mol. The van der Waals surface area contributed by atoms with Crippen LogP contribution in [0.2, 0.25) is 0 Å². The van der Waals surface area contributed by atoms with E-state index in [1.54, 1.807) is 12.1 Å². The highest BCUT2D eigenvalue weighted by molar-refractivity contribution is 5.90. The summed E-state index contributed by atoms with van der Waals surface area (Å²) in [5, 5.41) is 11.4. The number of amides is 2. The zero-order valence-electron chi connectivity index (χ0n) is 17.6. The minimum atomic E-state index is -0.313. The highest BCUT2D eigenvalue weighted by Crippen LogP contribution is 2.41. The zero-order chi connectivity index (χ0) is 21.4. The molecular weight excluding hydrogens is 397 g/mol. The monoisotopic (exact) mass is 425 g/mol. The van der Waals surface area contributed by atoms with E-state index in [1.165, 1.54) is 25.0 Å². The molecule has 2 aliphatic heterocycles. The number of aryl methyl sites for hydroxylation is 1. The number of benzene rings is 1. The van der Waals surface area contributed by atoms with Gasteiger partial charge in [-0.25, -0.2) is 4.39 Å². The lowest BCUT2D eigenvalue weighted by Gasteiger charge is -2.27. The second-order valence-corrected chi connectivity index (χ2v) is 9.37. The van der Waals surface area contributed by atoms with Crippen LogP contribution in [0.1, 0.15) is 54.1 Å². The van der Waals surface area contributed by atoms with Crippen LogP contribution in [0.5, 0.6) is 0 Å². The molecular formula is C23H28FN5O2. The van der Waals surface area contributed by atoms with Crippen molar-refractivity contribution in [2.45, 2.75) is 51.5 Å². The Hall–Kier alpha value is -2.77. The summed E-state index contributed by atoms with van der Waals surface area (Å²) in [7, 11) is 0. The van der Waals surface area contributed by atoms with Crippen LogP contribution < -0.4 is 5.32 Å². The van der Waals surface area contributed by atoms with Crippen LogP contribution in [-0.4, -0.2) is 51.1 Å². The van der Waals surface area contributed by atoms with Crippen molar-refractivity contribution in [3.8, 4) is 0 Å². The minimum absolute atomic E-state index is 0.0417. The molecule has 2 amide bonds. The van der Waals surface area contributed by atoms with Crippen LogP contribution in [0.25, 0.3) is 0 Å². The lowest BCUT2D eigenvalue weighted by atomic mass is 9.80. The molecule has 1 aromatic heterocycles. The van der Waals surface area contributed by atoms with Crippen LogP contribution in [0, 0.1) is 17.2 Å². The Kier molecular flexibility index (Phi) is 5.24. The number of carbonyl (C=O) groups excluding carboxylic acids is 2. The quantitative estimate of drug-likeness (QED) is 0.798. The van der Waals surface area contributed by atoms with Crippen molar-refractivity contribution in [1.82, 2.24) is 25.0 Å². The van der Waals surface area contributed by atoms with E-state index in [2.05, 4.69) is 15.5 Å².